The Morgan fingerprint density at radius 3 is 1.68 bits per heavy atom. The van der Waals surface area contributed by atoms with Gasteiger partial charge in [-0.2, -0.15) is 0 Å². The number of halogens is 1. The van der Waals surface area contributed by atoms with Gasteiger partial charge in [0.05, 0.1) is 5.41 Å². The van der Waals surface area contributed by atoms with Crippen molar-refractivity contribution in [2.75, 3.05) is 14.1 Å². The predicted molar refractivity (Wildman–Crippen MR) is 108 cm³/mol. The summed E-state index contributed by atoms with van der Waals surface area (Å²) in [5.74, 6) is 0.281. The molecule has 0 spiro atoms. The lowest BCUT2D eigenvalue weighted by Gasteiger charge is -2.37. The van der Waals surface area contributed by atoms with Gasteiger partial charge in [0.15, 0.2) is 0 Å². The zero-order chi connectivity index (χ0) is 16.9. The first-order valence-corrected chi connectivity index (χ1v) is 8.33. The van der Waals surface area contributed by atoms with Crippen molar-refractivity contribution < 1.29 is 10.3 Å². The van der Waals surface area contributed by atoms with E-state index in [4.69, 9.17) is 0 Å². The molecule has 1 atom stereocenters. The van der Waals surface area contributed by atoms with Gasteiger partial charge >= 0.3 is 0 Å². The van der Waals surface area contributed by atoms with Crippen molar-refractivity contribution in [3.63, 3.8) is 0 Å². The van der Waals surface area contributed by atoms with Crippen LogP contribution in [0.1, 0.15) is 37.8 Å². The fourth-order valence-electron chi connectivity index (χ4n) is 3.21. The number of ketones is 1. The second-order valence-electron chi connectivity index (χ2n) is 6.43. The van der Waals surface area contributed by atoms with Gasteiger partial charge in [0.1, 0.15) is 5.78 Å². The van der Waals surface area contributed by atoms with Crippen molar-refractivity contribution in [2.24, 2.45) is 0 Å². The van der Waals surface area contributed by atoms with Gasteiger partial charge in [0.2, 0.25) is 0 Å². The van der Waals surface area contributed by atoms with Crippen LogP contribution >= 0.6 is 12.4 Å². The molecular formula is C21H30ClNO2. The highest BCUT2D eigenvalue weighted by Crippen LogP contribution is 2.39. The molecule has 2 rings (SSSR count). The topological polar surface area (TPSA) is 51.8 Å². The van der Waals surface area contributed by atoms with Gasteiger partial charge in [-0.1, -0.05) is 67.6 Å². The monoisotopic (exact) mass is 363 g/mol. The molecule has 0 aromatic heterocycles. The Bertz CT molecular complexity index is 589. The molecule has 0 saturated carbocycles. The van der Waals surface area contributed by atoms with Crippen molar-refractivity contribution >= 4 is 18.2 Å². The molecule has 138 valence electrons. The second-order valence-corrected chi connectivity index (χ2v) is 6.43. The van der Waals surface area contributed by atoms with E-state index in [1.807, 2.05) is 43.3 Å². The molecule has 0 aliphatic rings. The summed E-state index contributed by atoms with van der Waals surface area (Å²) in [5.41, 5.74) is 1.60. The van der Waals surface area contributed by atoms with E-state index in [9.17, 15) is 4.79 Å². The van der Waals surface area contributed by atoms with E-state index in [1.165, 1.54) is 0 Å². The molecule has 2 aromatic carbocycles. The summed E-state index contributed by atoms with van der Waals surface area (Å²) in [6.07, 6.45) is 1.31. The fraction of sp³-hybridized carbons (Fsp3) is 0.381. The summed E-state index contributed by atoms with van der Waals surface area (Å²) < 4.78 is 0. The molecule has 0 saturated heterocycles. The Hall–Kier alpha value is -1.68. The zero-order valence-electron chi connectivity index (χ0n) is 15.5. The minimum Gasteiger partial charge on any atom is -0.412 e. The number of carbonyl (C=O) groups excluding carboxylic acids is 1. The zero-order valence-corrected chi connectivity index (χ0v) is 16.3. The summed E-state index contributed by atoms with van der Waals surface area (Å²) >= 11 is 0. The molecule has 0 aliphatic heterocycles. The van der Waals surface area contributed by atoms with Gasteiger partial charge in [0, 0.05) is 12.5 Å². The smallest absolute Gasteiger partial charge is 0.147 e. The molecule has 2 N–H and O–H groups in total. The van der Waals surface area contributed by atoms with Gasteiger partial charge in [-0.15, -0.1) is 12.4 Å². The Balaban J connectivity index is 0.00000288. The van der Waals surface area contributed by atoms with Gasteiger partial charge in [-0.25, -0.2) is 0 Å². The Labute approximate surface area is 157 Å². The van der Waals surface area contributed by atoms with Crippen LogP contribution in [0, 0.1) is 0 Å². The third-order valence-electron chi connectivity index (χ3n) is 4.81. The van der Waals surface area contributed by atoms with Gasteiger partial charge < -0.3 is 10.4 Å². The summed E-state index contributed by atoms with van der Waals surface area (Å²) in [6, 6.07) is 20.7. The summed E-state index contributed by atoms with van der Waals surface area (Å²) in [5, 5.41) is 0. The van der Waals surface area contributed by atoms with E-state index >= 15 is 0 Å². The molecule has 0 amide bonds. The lowest BCUT2D eigenvalue weighted by atomic mass is 9.67. The van der Waals surface area contributed by atoms with Gasteiger partial charge in [-0.05, 0) is 38.6 Å². The normalized spacial score (nSPS) is 12.0. The number of rotatable bonds is 7. The SMILES string of the molecule is CCC(=O)C(CC(C)N(C)C)(c1ccccc1)c1ccccc1.Cl.O. The molecular weight excluding hydrogens is 334 g/mol. The summed E-state index contributed by atoms with van der Waals surface area (Å²) in [7, 11) is 4.14. The van der Waals surface area contributed by atoms with Gasteiger partial charge in [-0.3, -0.25) is 4.79 Å². The Kier molecular flexibility index (Phi) is 9.65. The third kappa shape index (κ3) is 4.91. The standard InChI is InChI=1S/C21H27NO.ClH.H2O/c1-5-20(23)21(16-17(2)22(3)4,18-12-8-6-9-13-18)19-14-10-7-11-15-19;;/h6-15,17H,5,16H2,1-4H3;1H;1H2. The van der Waals surface area contributed by atoms with Gasteiger partial charge in [0.25, 0.3) is 0 Å². The minimum atomic E-state index is -0.582. The number of benzene rings is 2. The maximum absolute atomic E-state index is 13.2. The molecule has 2 aromatic rings. The number of hydrogen-bond donors (Lipinski definition) is 0. The largest absolute Gasteiger partial charge is 0.412 e. The highest BCUT2D eigenvalue weighted by atomic mass is 35.5. The van der Waals surface area contributed by atoms with E-state index in [-0.39, 0.29) is 23.7 Å². The van der Waals surface area contributed by atoms with Crippen LogP contribution in [0.25, 0.3) is 0 Å². The number of hydrogen-bond acceptors (Lipinski definition) is 2. The maximum Gasteiger partial charge on any atom is 0.147 e. The number of Topliss-reactive ketones (excluding diaryl/α,β-unsaturated/α-hetero) is 1. The molecule has 0 radical (unpaired) electrons. The van der Waals surface area contributed by atoms with Crippen molar-refractivity contribution in [3.05, 3.63) is 71.8 Å². The molecule has 0 heterocycles. The van der Waals surface area contributed by atoms with E-state index in [0.29, 0.717) is 12.5 Å². The second kappa shape index (κ2) is 10.3. The summed E-state index contributed by atoms with van der Waals surface area (Å²) in [6.45, 7) is 4.15. The quantitative estimate of drug-likeness (QED) is 0.749. The molecule has 3 nitrogen and oxygen atoms in total. The first-order chi connectivity index (χ1) is 11.0. The minimum absolute atomic E-state index is 0. The Morgan fingerprint density at radius 2 is 1.36 bits per heavy atom. The van der Waals surface area contributed by atoms with Crippen molar-refractivity contribution in [1.29, 1.82) is 0 Å². The van der Waals surface area contributed by atoms with E-state index in [2.05, 4.69) is 50.2 Å². The molecule has 1 unspecified atom stereocenters. The average molecular weight is 364 g/mol. The first kappa shape index (κ1) is 23.3. The van der Waals surface area contributed by atoms with Crippen LogP contribution < -0.4 is 0 Å². The molecule has 4 heteroatoms. The van der Waals surface area contributed by atoms with E-state index in [0.717, 1.165) is 17.5 Å². The summed E-state index contributed by atoms with van der Waals surface area (Å²) in [4.78, 5) is 15.4. The van der Waals surface area contributed by atoms with E-state index < -0.39 is 5.41 Å². The number of carbonyl (C=O) groups is 1. The average Bonchev–Trinajstić information content (AvgIpc) is 2.60. The highest BCUT2D eigenvalue weighted by Gasteiger charge is 2.41. The molecule has 0 fully saturated rings. The number of nitrogens with zero attached hydrogens (tertiary/aromatic N) is 1. The van der Waals surface area contributed by atoms with Crippen LogP contribution in [0.3, 0.4) is 0 Å². The van der Waals surface area contributed by atoms with Crippen LogP contribution in [0.2, 0.25) is 0 Å². The van der Waals surface area contributed by atoms with Crippen molar-refractivity contribution in [1.82, 2.24) is 4.90 Å². The van der Waals surface area contributed by atoms with Crippen LogP contribution in [-0.4, -0.2) is 36.3 Å². The molecule has 0 bridgehead atoms. The van der Waals surface area contributed by atoms with Crippen molar-refractivity contribution in [3.8, 4) is 0 Å². The van der Waals surface area contributed by atoms with Crippen LogP contribution in [0.15, 0.2) is 60.7 Å². The predicted octanol–water partition coefficient (Wildman–Crippen LogP) is 3.89. The van der Waals surface area contributed by atoms with Crippen LogP contribution in [-0.2, 0) is 10.2 Å². The molecule has 0 aliphatic carbocycles. The maximum atomic E-state index is 13.2. The highest BCUT2D eigenvalue weighted by molar-refractivity contribution is 5.93. The van der Waals surface area contributed by atoms with E-state index in [1.54, 1.807) is 0 Å². The lowest BCUT2D eigenvalue weighted by molar-refractivity contribution is -0.123. The third-order valence-corrected chi connectivity index (χ3v) is 4.81. The van der Waals surface area contributed by atoms with Crippen LogP contribution in [0.5, 0.6) is 0 Å². The van der Waals surface area contributed by atoms with Crippen molar-refractivity contribution in [2.45, 2.75) is 38.1 Å². The van der Waals surface area contributed by atoms with Crippen LogP contribution in [0.4, 0.5) is 0 Å². The first-order valence-electron chi connectivity index (χ1n) is 8.33. The fourth-order valence-corrected chi connectivity index (χ4v) is 3.21. The lowest BCUT2D eigenvalue weighted by Crippen LogP contribution is -2.42. The molecule has 25 heavy (non-hydrogen) atoms. The Morgan fingerprint density at radius 1 is 0.960 bits per heavy atom.